The second kappa shape index (κ2) is 9.60. The predicted octanol–water partition coefficient (Wildman–Crippen LogP) is 5.83. The third-order valence-electron chi connectivity index (χ3n) is 7.17. The van der Waals surface area contributed by atoms with Crippen molar-refractivity contribution in [3.05, 3.63) is 76.6 Å². The number of pyridine rings is 1. The summed E-state index contributed by atoms with van der Waals surface area (Å²) in [5.74, 6) is 1.41. The van der Waals surface area contributed by atoms with Gasteiger partial charge >= 0.3 is 12.1 Å². The summed E-state index contributed by atoms with van der Waals surface area (Å²) in [6.07, 6.45) is -0.495. The molecule has 202 valence electrons. The van der Waals surface area contributed by atoms with Crippen LogP contribution in [0.3, 0.4) is 0 Å². The molecule has 4 aromatic carbocycles. The van der Waals surface area contributed by atoms with Crippen LogP contribution in [0.2, 0.25) is 0 Å². The van der Waals surface area contributed by atoms with Crippen LogP contribution in [-0.4, -0.2) is 30.5 Å². The molecule has 1 aromatic heterocycles. The Kier molecular flexibility index (Phi) is 6.06. The molecule has 0 atom stereocenters. The average molecular weight is 539 g/mol. The van der Waals surface area contributed by atoms with E-state index in [9.17, 15) is 14.4 Å². The first-order valence-electron chi connectivity index (χ1n) is 12.8. The first-order valence-corrected chi connectivity index (χ1v) is 12.8. The molecular formula is C31H26N2O7. The van der Waals surface area contributed by atoms with Crippen LogP contribution < -0.4 is 29.4 Å². The van der Waals surface area contributed by atoms with Gasteiger partial charge in [-0.15, -0.1) is 0 Å². The molecule has 9 nitrogen and oxygen atoms in total. The van der Waals surface area contributed by atoms with Gasteiger partial charge < -0.3 is 23.5 Å². The summed E-state index contributed by atoms with van der Waals surface area (Å²) in [6.45, 7) is 3.68. The molecule has 0 aliphatic carbocycles. The lowest BCUT2D eigenvalue weighted by Crippen LogP contribution is -2.30. The number of nitrogens with zero attached hydrogens (tertiary/aromatic N) is 2. The van der Waals surface area contributed by atoms with Crippen LogP contribution in [0.4, 0.5) is 10.5 Å². The van der Waals surface area contributed by atoms with E-state index >= 15 is 0 Å². The Morgan fingerprint density at radius 2 is 1.65 bits per heavy atom. The first kappa shape index (κ1) is 25.2. The van der Waals surface area contributed by atoms with Gasteiger partial charge in [0.1, 0.15) is 5.75 Å². The zero-order valence-electron chi connectivity index (χ0n) is 22.4. The fourth-order valence-electron chi connectivity index (χ4n) is 5.03. The Morgan fingerprint density at radius 3 is 2.42 bits per heavy atom. The molecule has 1 aliphatic rings. The van der Waals surface area contributed by atoms with Crippen molar-refractivity contribution >= 4 is 50.2 Å². The molecule has 0 fully saturated rings. The minimum Gasteiger partial charge on any atom is -0.454 e. The van der Waals surface area contributed by atoms with E-state index in [1.54, 1.807) is 48.9 Å². The summed E-state index contributed by atoms with van der Waals surface area (Å²) in [6, 6.07) is 18.0. The molecule has 9 heteroatoms. The van der Waals surface area contributed by atoms with E-state index in [4.69, 9.17) is 18.9 Å². The minimum absolute atomic E-state index is 0.163. The lowest BCUT2D eigenvalue weighted by Gasteiger charge is -2.20. The Bertz CT molecular complexity index is 1930. The lowest BCUT2D eigenvalue weighted by molar-refractivity contribution is -0.133. The van der Waals surface area contributed by atoms with Crippen molar-refractivity contribution in [1.82, 2.24) is 4.57 Å². The molecule has 40 heavy (non-hydrogen) atoms. The second-order valence-corrected chi connectivity index (χ2v) is 9.64. The molecule has 0 N–H and O–H groups in total. The summed E-state index contributed by atoms with van der Waals surface area (Å²) < 4.78 is 23.8. The molecule has 0 saturated carbocycles. The van der Waals surface area contributed by atoms with Gasteiger partial charge in [0.25, 0.3) is 5.56 Å². The van der Waals surface area contributed by atoms with Crippen LogP contribution in [-0.2, 0) is 11.8 Å². The van der Waals surface area contributed by atoms with Gasteiger partial charge in [0.2, 0.25) is 6.79 Å². The highest BCUT2D eigenvalue weighted by atomic mass is 16.7. The number of aromatic nitrogens is 1. The Morgan fingerprint density at radius 1 is 0.900 bits per heavy atom. The molecule has 0 spiro atoms. The lowest BCUT2D eigenvalue weighted by atomic mass is 9.99. The van der Waals surface area contributed by atoms with E-state index in [1.165, 1.54) is 11.9 Å². The zero-order valence-corrected chi connectivity index (χ0v) is 22.4. The minimum atomic E-state index is -0.692. The normalized spacial score (nSPS) is 12.2. The number of carbonyl (C=O) groups excluding carboxylic acids is 2. The fraction of sp³-hybridized carbons (Fsp3) is 0.194. The molecule has 1 amide bonds. The van der Waals surface area contributed by atoms with Gasteiger partial charge in [-0.1, -0.05) is 31.2 Å². The van der Waals surface area contributed by atoms with E-state index in [2.05, 4.69) is 0 Å². The van der Waals surface area contributed by atoms with Crippen molar-refractivity contribution < 1.29 is 28.5 Å². The van der Waals surface area contributed by atoms with Crippen LogP contribution in [0, 0.1) is 6.92 Å². The van der Waals surface area contributed by atoms with Crippen LogP contribution in [0.15, 0.2) is 65.5 Å². The standard InChI is InChI=1S/C31H26N2O7/c1-5-28(34)39-24-9-7-6-8-23(24)32(3)31(36)40-25-15-22-21(12-17(25)2)19-11-10-18-13-26-27(38-16-37-26)14-20(18)29(19)33(4)30(22)35/h6-15H,5,16H2,1-4H3. The number of fused-ring (bicyclic) bond motifs is 6. The Hall–Kier alpha value is -5.05. The van der Waals surface area contributed by atoms with E-state index in [-0.39, 0.29) is 30.3 Å². The molecule has 5 aromatic rings. The van der Waals surface area contributed by atoms with E-state index in [0.29, 0.717) is 28.1 Å². The van der Waals surface area contributed by atoms with Crippen molar-refractivity contribution in [3.63, 3.8) is 0 Å². The summed E-state index contributed by atoms with van der Waals surface area (Å²) in [5, 5.41) is 3.86. The number of benzene rings is 4. The van der Waals surface area contributed by atoms with E-state index in [1.807, 2.05) is 37.3 Å². The number of esters is 1. The number of aryl methyl sites for hydroxylation is 2. The van der Waals surface area contributed by atoms with Crippen molar-refractivity contribution in [2.45, 2.75) is 20.3 Å². The van der Waals surface area contributed by atoms with Gasteiger partial charge in [-0.3, -0.25) is 14.5 Å². The second-order valence-electron chi connectivity index (χ2n) is 9.64. The molecule has 0 radical (unpaired) electrons. The van der Waals surface area contributed by atoms with E-state index < -0.39 is 12.1 Å². The quantitative estimate of drug-likeness (QED) is 0.161. The monoisotopic (exact) mass is 538 g/mol. The predicted molar refractivity (Wildman–Crippen MR) is 152 cm³/mol. The first-order chi connectivity index (χ1) is 19.3. The number of anilines is 1. The highest BCUT2D eigenvalue weighted by molar-refractivity contribution is 6.16. The van der Waals surface area contributed by atoms with Gasteiger partial charge in [-0.25, -0.2) is 4.79 Å². The Labute approximate surface area is 229 Å². The fourth-order valence-corrected chi connectivity index (χ4v) is 5.03. The number of ether oxygens (including phenoxy) is 4. The van der Waals surface area contributed by atoms with Gasteiger partial charge in [0.15, 0.2) is 17.2 Å². The molecular weight excluding hydrogens is 512 g/mol. The largest absolute Gasteiger partial charge is 0.454 e. The zero-order chi connectivity index (χ0) is 28.1. The van der Waals surface area contributed by atoms with Crippen molar-refractivity contribution in [2.75, 3.05) is 18.7 Å². The number of para-hydroxylation sites is 2. The summed E-state index contributed by atoms with van der Waals surface area (Å²) >= 11 is 0. The van der Waals surface area contributed by atoms with Crippen LogP contribution in [0.1, 0.15) is 18.9 Å². The van der Waals surface area contributed by atoms with Crippen LogP contribution >= 0.6 is 0 Å². The van der Waals surface area contributed by atoms with Gasteiger partial charge in [0, 0.05) is 31.3 Å². The van der Waals surface area contributed by atoms with Crippen LogP contribution in [0.25, 0.3) is 32.4 Å². The van der Waals surface area contributed by atoms with Gasteiger partial charge in [-0.05, 0) is 59.7 Å². The topological polar surface area (TPSA) is 96.3 Å². The number of rotatable bonds is 4. The molecule has 2 heterocycles. The van der Waals surface area contributed by atoms with E-state index in [0.717, 1.165) is 27.1 Å². The Balaban J connectivity index is 1.41. The maximum absolute atomic E-state index is 13.6. The molecule has 0 unspecified atom stereocenters. The van der Waals surface area contributed by atoms with Crippen molar-refractivity contribution in [3.8, 4) is 23.0 Å². The molecule has 0 saturated heterocycles. The van der Waals surface area contributed by atoms with Crippen molar-refractivity contribution in [2.24, 2.45) is 7.05 Å². The van der Waals surface area contributed by atoms with Gasteiger partial charge in [-0.2, -0.15) is 0 Å². The summed E-state index contributed by atoms with van der Waals surface area (Å²) in [4.78, 5) is 39.9. The SMILES string of the molecule is CCC(=O)Oc1ccccc1N(C)C(=O)Oc1cc2c(=O)n(C)c3c4cc5c(cc4ccc3c2cc1C)OCO5. The molecule has 0 bridgehead atoms. The van der Waals surface area contributed by atoms with Crippen LogP contribution in [0.5, 0.6) is 23.0 Å². The summed E-state index contributed by atoms with van der Waals surface area (Å²) in [5.41, 5.74) is 1.60. The summed E-state index contributed by atoms with van der Waals surface area (Å²) in [7, 11) is 3.25. The van der Waals surface area contributed by atoms with Crippen molar-refractivity contribution in [1.29, 1.82) is 0 Å². The van der Waals surface area contributed by atoms with Gasteiger partial charge in [0.05, 0.1) is 16.6 Å². The third kappa shape index (κ3) is 4.07. The third-order valence-corrected chi connectivity index (χ3v) is 7.17. The highest BCUT2D eigenvalue weighted by Gasteiger charge is 2.22. The number of hydrogen-bond acceptors (Lipinski definition) is 7. The average Bonchev–Trinajstić information content (AvgIpc) is 3.42. The maximum Gasteiger partial charge on any atom is 0.419 e. The number of hydrogen-bond donors (Lipinski definition) is 0. The highest BCUT2D eigenvalue weighted by Crippen LogP contribution is 2.40. The number of carbonyl (C=O) groups is 2. The number of amides is 1. The maximum atomic E-state index is 13.6. The smallest absolute Gasteiger partial charge is 0.419 e. The molecule has 6 rings (SSSR count). The molecule has 1 aliphatic heterocycles.